The highest BCUT2D eigenvalue weighted by Crippen LogP contribution is 2.29. The molecule has 1 saturated heterocycles. The first-order valence-electron chi connectivity index (χ1n) is 11.6. The number of hydrogen-bond donors (Lipinski definition) is 1. The Balaban J connectivity index is 1.38. The third-order valence-corrected chi connectivity index (χ3v) is 7.52. The molecule has 1 N–H and O–H groups in total. The van der Waals surface area contributed by atoms with Crippen LogP contribution in [-0.4, -0.2) is 45.7 Å². The number of thiophene rings is 1. The summed E-state index contributed by atoms with van der Waals surface area (Å²) in [7, 11) is 0. The third kappa shape index (κ3) is 4.61. The molecule has 0 bridgehead atoms. The first-order chi connectivity index (χ1) is 16.0. The van der Waals surface area contributed by atoms with Gasteiger partial charge in [0, 0.05) is 47.0 Å². The zero-order chi connectivity index (χ0) is 22.9. The van der Waals surface area contributed by atoms with E-state index in [4.69, 9.17) is 4.52 Å². The van der Waals surface area contributed by atoms with Gasteiger partial charge in [0.2, 0.25) is 0 Å². The summed E-state index contributed by atoms with van der Waals surface area (Å²) in [5.74, 6) is 0.745. The SMILES string of the molecule is Cc1ccc(-c2cc(Cn3c(C(=O)NC4CCN(C(C)C)CC4)cc4ccccc43)no2)s1. The lowest BCUT2D eigenvalue weighted by atomic mass is 10.0. The molecule has 1 amide bonds. The van der Waals surface area contributed by atoms with Crippen LogP contribution in [0.1, 0.15) is 47.7 Å². The molecule has 0 radical (unpaired) electrons. The number of fused-ring (bicyclic) bond motifs is 1. The number of aromatic nitrogens is 2. The number of piperidine rings is 1. The second-order valence-corrected chi connectivity index (χ2v) is 10.4. The second kappa shape index (κ2) is 9.15. The molecule has 4 aromatic rings. The van der Waals surface area contributed by atoms with Crippen molar-refractivity contribution >= 4 is 28.1 Å². The summed E-state index contributed by atoms with van der Waals surface area (Å²) in [5.41, 5.74) is 2.49. The molecule has 0 aliphatic carbocycles. The lowest BCUT2D eigenvalue weighted by Gasteiger charge is -2.34. The molecule has 33 heavy (non-hydrogen) atoms. The maximum Gasteiger partial charge on any atom is 0.268 e. The Morgan fingerprint density at radius 3 is 2.70 bits per heavy atom. The van der Waals surface area contributed by atoms with E-state index in [1.54, 1.807) is 11.3 Å². The Labute approximate surface area is 198 Å². The van der Waals surface area contributed by atoms with Crippen LogP contribution in [0.4, 0.5) is 0 Å². The predicted octanol–water partition coefficient (Wildman–Crippen LogP) is 5.32. The largest absolute Gasteiger partial charge is 0.355 e. The lowest BCUT2D eigenvalue weighted by molar-refractivity contribution is 0.0892. The predicted molar refractivity (Wildman–Crippen MR) is 133 cm³/mol. The number of para-hydroxylation sites is 1. The van der Waals surface area contributed by atoms with Crippen LogP contribution in [0.2, 0.25) is 0 Å². The van der Waals surface area contributed by atoms with Crippen molar-refractivity contribution in [3.8, 4) is 10.6 Å². The first kappa shape index (κ1) is 21.9. The van der Waals surface area contributed by atoms with E-state index in [9.17, 15) is 4.79 Å². The molecular weight excluding hydrogens is 432 g/mol. The van der Waals surface area contributed by atoms with Crippen molar-refractivity contribution in [3.05, 3.63) is 64.8 Å². The Hall–Kier alpha value is -2.90. The van der Waals surface area contributed by atoms with Gasteiger partial charge in [0.15, 0.2) is 5.76 Å². The Morgan fingerprint density at radius 1 is 1.18 bits per heavy atom. The minimum atomic E-state index is -0.0215. The van der Waals surface area contributed by atoms with Gasteiger partial charge in [0.25, 0.3) is 5.91 Å². The first-order valence-corrected chi connectivity index (χ1v) is 12.4. The fourth-order valence-corrected chi connectivity index (χ4v) is 5.44. The van der Waals surface area contributed by atoms with Crippen molar-refractivity contribution in [3.63, 3.8) is 0 Å². The molecule has 1 fully saturated rings. The van der Waals surface area contributed by atoms with Crippen molar-refractivity contribution in [2.24, 2.45) is 0 Å². The van der Waals surface area contributed by atoms with Crippen LogP contribution in [0, 0.1) is 6.92 Å². The molecule has 5 rings (SSSR count). The van der Waals surface area contributed by atoms with Gasteiger partial charge in [-0.05, 0) is 57.9 Å². The van der Waals surface area contributed by atoms with Crippen molar-refractivity contribution in [2.45, 2.75) is 52.2 Å². The van der Waals surface area contributed by atoms with E-state index in [1.165, 1.54) is 4.88 Å². The minimum absolute atomic E-state index is 0.0215. The lowest BCUT2D eigenvalue weighted by Crippen LogP contribution is -2.46. The van der Waals surface area contributed by atoms with Crippen LogP contribution in [-0.2, 0) is 6.54 Å². The van der Waals surface area contributed by atoms with E-state index in [1.807, 2.05) is 30.3 Å². The average Bonchev–Trinajstić information content (AvgIpc) is 3.53. The standard InChI is InChI=1S/C26H30N4O2S/c1-17(2)29-12-10-20(11-13-29)27-26(31)23-14-19-6-4-5-7-22(19)30(23)16-21-15-24(32-28-21)25-9-8-18(3)33-25/h4-9,14-15,17,20H,10-13,16H2,1-3H3,(H,27,31). The van der Waals surface area contributed by atoms with Gasteiger partial charge in [0.1, 0.15) is 11.4 Å². The Bertz CT molecular complexity index is 1260. The van der Waals surface area contributed by atoms with Crippen molar-refractivity contribution in [2.75, 3.05) is 13.1 Å². The van der Waals surface area contributed by atoms with Crippen LogP contribution in [0.3, 0.4) is 0 Å². The van der Waals surface area contributed by atoms with E-state index >= 15 is 0 Å². The third-order valence-electron chi connectivity index (χ3n) is 6.50. The molecule has 7 heteroatoms. The molecule has 3 aromatic heterocycles. The van der Waals surface area contributed by atoms with E-state index < -0.39 is 0 Å². The van der Waals surface area contributed by atoms with Gasteiger partial charge in [-0.25, -0.2) is 0 Å². The summed E-state index contributed by atoms with van der Waals surface area (Å²) < 4.78 is 7.67. The minimum Gasteiger partial charge on any atom is -0.355 e. The highest BCUT2D eigenvalue weighted by molar-refractivity contribution is 7.15. The van der Waals surface area contributed by atoms with Gasteiger partial charge in [-0.1, -0.05) is 23.4 Å². The average molecular weight is 463 g/mol. The smallest absolute Gasteiger partial charge is 0.268 e. The van der Waals surface area contributed by atoms with Gasteiger partial charge in [-0.3, -0.25) is 4.79 Å². The quantitative estimate of drug-likeness (QED) is 0.421. The molecule has 172 valence electrons. The summed E-state index contributed by atoms with van der Waals surface area (Å²) >= 11 is 1.69. The van der Waals surface area contributed by atoms with E-state index in [0.29, 0.717) is 18.3 Å². The number of carbonyl (C=O) groups is 1. The molecule has 0 atom stereocenters. The Kier molecular flexibility index (Phi) is 6.08. The summed E-state index contributed by atoms with van der Waals surface area (Å²) in [6, 6.07) is 17.0. The van der Waals surface area contributed by atoms with Gasteiger partial charge in [-0.2, -0.15) is 0 Å². The summed E-state index contributed by atoms with van der Waals surface area (Å²) in [6.07, 6.45) is 1.97. The van der Waals surface area contributed by atoms with Crippen LogP contribution in [0.5, 0.6) is 0 Å². The number of nitrogens with zero attached hydrogens (tertiary/aromatic N) is 3. The molecule has 1 aliphatic heterocycles. The zero-order valence-corrected chi connectivity index (χ0v) is 20.2. The topological polar surface area (TPSA) is 63.3 Å². The highest BCUT2D eigenvalue weighted by atomic mass is 32.1. The Morgan fingerprint density at radius 2 is 1.97 bits per heavy atom. The molecule has 0 spiro atoms. The molecular formula is C26H30N4O2S. The number of likely N-dealkylation sites (tertiary alicyclic amines) is 1. The fourth-order valence-electron chi connectivity index (χ4n) is 4.62. The number of amides is 1. The number of benzene rings is 1. The van der Waals surface area contributed by atoms with Crippen LogP contribution in [0.25, 0.3) is 21.5 Å². The summed E-state index contributed by atoms with van der Waals surface area (Å²) in [4.78, 5) is 18.1. The molecule has 0 unspecified atom stereocenters. The monoisotopic (exact) mass is 462 g/mol. The second-order valence-electron chi connectivity index (χ2n) is 9.14. The molecule has 6 nitrogen and oxygen atoms in total. The summed E-state index contributed by atoms with van der Waals surface area (Å²) in [6.45, 7) is 9.06. The maximum atomic E-state index is 13.4. The van der Waals surface area contributed by atoms with Crippen molar-refractivity contribution in [1.29, 1.82) is 0 Å². The van der Waals surface area contributed by atoms with Crippen molar-refractivity contribution < 1.29 is 9.32 Å². The van der Waals surface area contributed by atoms with Crippen LogP contribution in [0.15, 0.2) is 53.1 Å². The van der Waals surface area contributed by atoms with Gasteiger partial charge < -0.3 is 19.3 Å². The van der Waals surface area contributed by atoms with E-state index in [2.05, 4.69) is 58.9 Å². The molecule has 1 aliphatic rings. The molecule has 4 heterocycles. The molecule has 1 aromatic carbocycles. The van der Waals surface area contributed by atoms with Crippen molar-refractivity contribution in [1.82, 2.24) is 19.9 Å². The zero-order valence-electron chi connectivity index (χ0n) is 19.4. The number of hydrogen-bond acceptors (Lipinski definition) is 5. The number of rotatable bonds is 6. The van der Waals surface area contributed by atoms with Gasteiger partial charge in [-0.15, -0.1) is 11.3 Å². The van der Waals surface area contributed by atoms with Crippen LogP contribution >= 0.6 is 11.3 Å². The van der Waals surface area contributed by atoms with Gasteiger partial charge >= 0.3 is 0 Å². The normalized spacial score (nSPS) is 15.5. The van der Waals surface area contributed by atoms with E-state index in [-0.39, 0.29) is 11.9 Å². The highest BCUT2D eigenvalue weighted by Gasteiger charge is 2.24. The number of carbonyl (C=O) groups excluding carboxylic acids is 1. The van der Waals surface area contributed by atoms with E-state index in [0.717, 1.165) is 53.2 Å². The van der Waals surface area contributed by atoms with Crippen LogP contribution < -0.4 is 5.32 Å². The summed E-state index contributed by atoms with van der Waals surface area (Å²) in [5, 5.41) is 8.64. The molecule has 0 saturated carbocycles. The maximum absolute atomic E-state index is 13.4. The number of nitrogens with one attached hydrogen (secondary N) is 1. The fraction of sp³-hybridized carbons (Fsp3) is 0.385. The van der Waals surface area contributed by atoms with Gasteiger partial charge in [0.05, 0.1) is 11.4 Å². The number of aryl methyl sites for hydroxylation is 1.